The van der Waals surface area contributed by atoms with Crippen molar-refractivity contribution in [3.63, 3.8) is 0 Å². The second-order valence-corrected chi connectivity index (χ2v) is 2.14. The van der Waals surface area contributed by atoms with Gasteiger partial charge in [0.05, 0.1) is 0 Å². The molecule has 0 aliphatic rings. The van der Waals surface area contributed by atoms with Crippen LogP contribution in [0.2, 0.25) is 0 Å². The Kier molecular flexibility index (Phi) is 5.92. The van der Waals surface area contributed by atoms with E-state index in [-0.39, 0.29) is 6.03 Å². The molecule has 0 aliphatic heterocycles. The summed E-state index contributed by atoms with van der Waals surface area (Å²) in [6.45, 7) is 2.79. The van der Waals surface area contributed by atoms with Crippen LogP contribution < -0.4 is 10.6 Å². The summed E-state index contributed by atoms with van der Waals surface area (Å²) >= 11 is 0. The van der Waals surface area contributed by atoms with Gasteiger partial charge in [0.1, 0.15) is 0 Å². The molecule has 10 heavy (non-hydrogen) atoms. The number of rotatable bonds is 4. The molecule has 0 aromatic carbocycles. The van der Waals surface area contributed by atoms with Crippen molar-refractivity contribution in [2.75, 3.05) is 13.6 Å². The molecule has 3 nitrogen and oxygen atoms in total. The molecule has 3 heteroatoms. The third kappa shape index (κ3) is 5.41. The third-order valence-corrected chi connectivity index (χ3v) is 1.23. The highest BCUT2D eigenvalue weighted by molar-refractivity contribution is 5.72. The fourth-order valence-electron chi connectivity index (χ4n) is 0.621. The number of nitrogens with one attached hydrogen (secondary N) is 1. The van der Waals surface area contributed by atoms with E-state index >= 15 is 0 Å². The molecule has 0 atom stereocenters. The number of urea groups is 1. The van der Waals surface area contributed by atoms with Gasteiger partial charge in [-0.05, 0) is 6.42 Å². The highest BCUT2D eigenvalue weighted by atomic mass is 16.2. The lowest BCUT2D eigenvalue weighted by molar-refractivity contribution is 0.242. The maximum Gasteiger partial charge on any atom is 0.336 e. The van der Waals surface area contributed by atoms with Crippen LogP contribution in [0.25, 0.3) is 0 Å². The Labute approximate surface area is 62.2 Å². The Balaban J connectivity index is 2.96. The van der Waals surface area contributed by atoms with Crippen molar-refractivity contribution in [2.45, 2.75) is 26.2 Å². The second-order valence-electron chi connectivity index (χ2n) is 2.14. The average Bonchev–Trinajstić information content (AvgIpc) is 1.98. The van der Waals surface area contributed by atoms with E-state index in [0.29, 0.717) is 6.54 Å². The van der Waals surface area contributed by atoms with Crippen LogP contribution in [-0.2, 0) is 0 Å². The van der Waals surface area contributed by atoms with Crippen LogP contribution in [0.3, 0.4) is 0 Å². The smallest absolute Gasteiger partial charge is 0.336 e. The number of carbonyl (C=O) groups is 1. The molecule has 0 rings (SSSR count). The zero-order valence-corrected chi connectivity index (χ0v) is 6.68. The Morgan fingerprint density at radius 1 is 1.50 bits per heavy atom. The quantitative estimate of drug-likeness (QED) is 0.589. The maximum absolute atomic E-state index is 10.5. The maximum atomic E-state index is 10.5. The van der Waals surface area contributed by atoms with E-state index in [1.54, 1.807) is 7.05 Å². The van der Waals surface area contributed by atoms with Crippen molar-refractivity contribution in [2.24, 2.45) is 0 Å². The summed E-state index contributed by atoms with van der Waals surface area (Å²) in [6.07, 6.45) is 3.34. The van der Waals surface area contributed by atoms with Gasteiger partial charge in [-0.25, -0.2) is 10.1 Å². The van der Waals surface area contributed by atoms with Gasteiger partial charge >= 0.3 is 6.03 Å². The predicted molar refractivity (Wildman–Crippen MR) is 41.0 cm³/mol. The largest absolute Gasteiger partial charge is 0.340 e. The first-order valence-electron chi connectivity index (χ1n) is 3.70. The molecular formula is C7H15N2O. The molecule has 0 aliphatic carbocycles. The number of amides is 2. The Hall–Kier alpha value is -0.730. The topological polar surface area (TPSA) is 43.2 Å². The molecule has 0 fully saturated rings. The summed E-state index contributed by atoms with van der Waals surface area (Å²) in [6, 6.07) is -0.212. The van der Waals surface area contributed by atoms with E-state index in [1.807, 2.05) is 0 Å². The summed E-state index contributed by atoms with van der Waals surface area (Å²) < 4.78 is 0. The molecule has 0 aromatic rings. The van der Waals surface area contributed by atoms with Crippen LogP contribution in [-0.4, -0.2) is 19.6 Å². The van der Waals surface area contributed by atoms with Gasteiger partial charge in [-0.1, -0.05) is 19.8 Å². The molecular weight excluding hydrogens is 128 g/mol. The van der Waals surface area contributed by atoms with Crippen LogP contribution in [0.1, 0.15) is 26.2 Å². The van der Waals surface area contributed by atoms with Crippen LogP contribution in [0.5, 0.6) is 0 Å². The van der Waals surface area contributed by atoms with E-state index in [9.17, 15) is 4.79 Å². The van der Waals surface area contributed by atoms with Crippen LogP contribution >= 0.6 is 0 Å². The van der Waals surface area contributed by atoms with Crippen molar-refractivity contribution >= 4 is 6.03 Å². The summed E-state index contributed by atoms with van der Waals surface area (Å²) in [7, 11) is 1.59. The number of hydrogen-bond donors (Lipinski definition) is 1. The molecule has 1 radical (unpaired) electrons. The highest BCUT2D eigenvalue weighted by Crippen LogP contribution is 1.91. The van der Waals surface area contributed by atoms with Gasteiger partial charge in [0, 0.05) is 13.6 Å². The SMILES string of the molecule is CCCCC[N]C(=O)NC. The molecule has 2 amide bonds. The van der Waals surface area contributed by atoms with Gasteiger partial charge in [0.15, 0.2) is 0 Å². The summed E-state index contributed by atoms with van der Waals surface area (Å²) in [5, 5.41) is 6.17. The molecule has 59 valence electrons. The summed E-state index contributed by atoms with van der Waals surface area (Å²) in [5.74, 6) is 0. The molecule has 1 N–H and O–H groups in total. The fraction of sp³-hybridized carbons (Fsp3) is 0.857. The van der Waals surface area contributed by atoms with Crippen molar-refractivity contribution in [3.8, 4) is 0 Å². The van der Waals surface area contributed by atoms with Gasteiger partial charge in [-0.2, -0.15) is 0 Å². The van der Waals surface area contributed by atoms with Gasteiger partial charge in [0.2, 0.25) is 0 Å². The lowest BCUT2D eigenvalue weighted by Gasteiger charge is -1.98. The van der Waals surface area contributed by atoms with E-state index in [4.69, 9.17) is 0 Å². The van der Waals surface area contributed by atoms with Crippen molar-refractivity contribution in [1.29, 1.82) is 0 Å². The first-order chi connectivity index (χ1) is 4.81. The standard InChI is InChI=1S/C7H15N2O/c1-3-4-5-6-9-7(10)8-2/h3-6H2,1-2H3,(H,8,10). The van der Waals surface area contributed by atoms with Gasteiger partial charge in [-0.3, -0.25) is 0 Å². The van der Waals surface area contributed by atoms with E-state index in [2.05, 4.69) is 17.6 Å². The first kappa shape index (κ1) is 9.27. The third-order valence-electron chi connectivity index (χ3n) is 1.23. The minimum absolute atomic E-state index is 0.212. The molecule has 0 saturated heterocycles. The van der Waals surface area contributed by atoms with Crippen LogP contribution in [0.15, 0.2) is 0 Å². The second kappa shape index (κ2) is 6.39. The highest BCUT2D eigenvalue weighted by Gasteiger charge is 1.94. The molecule has 0 spiro atoms. The molecule has 0 heterocycles. The number of nitrogens with zero attached hydrogens (tertiary/aromatic N) is 1. The first-order valence-corrected chi connectivity index (χ1v) is 3.70. The Morgan fingerprint density at radius 3 is 2.70 bits per heavy atom. The number of hydrogen-bond acceptors (Lipinski definition) is 1. The minimum atomic E-state index is -0.212. The summed E-state index contributed by atoms with van der Waals surface area (Å²) in [4.78, 5) is 10.5. The van der Waals surface area contributed by atoms with Crippen molar-refractivity contribution < 1.29 is 4.79 Å². The predicted octanol–water partition coefficient (Wildman–Crippen LogP) is 1.12. The van der Waals surface area contributed by atoms with Gasteiger partial charge < -0.3 is 5.32 Å². The fourth-order valence-corrected chi connectivity index (χ4v) is 0.621. The molecule has 0 unspecified atom stereocenters. The number of unbranched alkanes of at least 4 members (excludes halogenated alkanes) is 2. The van der Waals surface area contributed by atoms with Crippen LogP contribution in [0.4, 0.5) is 4.79 Å². The Morgan fingerprint density at radius 2 is 2.20 bits per heavy atom. The van der Waals surface area contributed by atoms with Gasteiger partial charge in [0.25, 0.3) is 0 Å². The minimum Gasteiger partial charge on any atom is -0.340 e. The zero-order chi connectivity index (χ0) is 7.82. The van der Waals surface area contributed by atoms with Gasteiger partial charge in [-0.15, -0.1) is 0 Å². The lowest BCUT2D eigenvalue weighted by Crippen LogP contribution is -2.27. The monoisotopic (exact) mass is 143 g/mol. The number of carbonyl (C=O) groups excluding carboxylic acids is 1. The molecule has 0 bridgehead atoms. The van der Waals surface area contributed by atoms with Crippen LogP contribution in [0, 0.1) is 0 Å². The zero-order valence-electron chi connectivity index (χ0n) is 6.68. The van der Waals surface area contributed by atoms with Crippen molar-refractivity contribution in [3.05, 3.63) is 0 Å². The lowest BCUT2D eigenvalue weighted by atomic mass is 10.2. The van der Waals surface area contributed by atoms with E-state index in [0.717, 1.165) is 12.8 Å². The van der Waals surface area contributed by atoms with Crippen molar-refractivity contribution in [1.82, 2.24) is 10.6 Å². The molecule has 0 aromatic heterocycles. The van der Waals surface area contributed by atoms with E-state index in [1.165, 1.54) is 6.42 Å². The normalized spacial score (nSPS) is 9.00. The summed E-state index contributed by atoms with van der Waals surface area (Å²) in [5.41, 5.74) is 0. The Bertz CT molecular complexity index is 93.6. The average molecular weight is 143 g/mol. The van der Waals surface area contributed by atoms with E-state index < -0.39 is 0 Å². The molecule has 0 saturated carbocycles.